The number of hydrogen-bond donors (Lipinski definition) is 0. The van der Waals surface area contributed by atoms with E-state index in [0.29, 0.717) is 23.6 Å². The second-order valence-electron chi connectivity index (χ2n) is 5.58. The van der Waals surface area contributed by atoms with E-state index in [0.717, 1.165) is 11.1 Å². The summed E-state index contributed by atoms with van der Waals surface area (Å²) in [6, 6.07) is 14.5. The van der Waals surface area contributed by atoms with Crippen molar-refractivity contribution in [2.75, 3.05) is 7.05 Å². The average molecular weight is 330 g/mol. The number of carbonyl (C=O) groups excluding carboxylic acids is 2. The van der Waals surface area contributed by atoms with Gasteiger partial charge in [0.15, 0.2) is 6.10 Å². The number of hydrogen-bond acceptors (Lipinski definition) is 3. The fourth-order valence-corrected chi connectivity index (χ4v) is 2.92. The molecule has 0 spiro atoms. The first-order chi connectivity index (χ1) is 11.0. The molecule has 0 radical (unpaired) electrons. The first-order valence-electron chi connectivity index (χ1n) is 7.33. The molecule has 2 aromatic rings. The molecule has 0 aliphatic carbocycles. The standard InChI is InChI=1S/C18H16ClNO3/c1-20(11-12-5-4-7-14(19)9-12)17(21)16-10-13-6-2-3-8-15(13)18(22)23-16/h2-9,16H,10-11H2,1H3. The van der Waals surface area contributed by atoms with E-state index in [2.05, 4.69) is 0 Å². The molecule has 1 aliphatic heterocycles. The summed E-state index contributed by atoms with van der Waals surface area (Å²) in [6.07, 6.45) is -0.373. The molecule has 5 heteroatoms. The van der Waals surface area contributed by atoms with Gasteiger partial charge in [0.2, 0.25) is 0 Å². The van der Waals surface area contributed by atoms with Gasteiger partial charge in [-0.1, -0.05) is 41.9 Å². The smallest absolute Gasteiger partial charge is 0.339 e. The van der Waals surface area contributed by atoms with Crippen molar-refractivity contribution >= 4 is 23.5 Å². The van der Waals surface area contributed by atoms with Gasteiger partial charge in [-0.3, -0.25) is 4.79 Å². The van der Waals surface area contributed by atoms with Crippen molar-refractivity contribution in [1.29, 1.82) is 0 Å². The van der Waals surface area contributed by atoms with Gasteiger partial charge in [0.05, 0.1) is 5.56 Å². The SMILES string of the molecule is CN(Cc1cccc(Cl)c1)C(=O)C1Cc2ccccc2C(=O)O1. The third-order valence-corrected chi connectivity index (χ3v) is 4.09. The minimum atomic E-state index is -0.776. The summed E-state index contributed by atoms with van der Waals surface area (Å²) in [7, 11) is 1.69. The lowest BCUT2D eigenvalue weighted by Gasteiger charge is -2.27. The molecular formula is C18H16ClNO3. The summed E-state index contributed by atoms with van der Waals surface area (Å²) < 4.78 is 5.30. The second kappa shape index (κ2) is 6.42. The first-order valence-corrected chi connectivity index (χ1v) is 7.70. The maximum absolute atomic E-state index is 12.6. The topological polar surface area (TPSA) is 46.6 Å². The van der Waals surface area contributed by atoms with Crippen LogP contribution in [0.15, 0.2) is 48.5 Å². The number of halogens is 1. The predicted molar refractivity (Wildman–Crippen MR) is 87.3 cm³/mol. The molecule has 1 aliphatic rings. The van der Waals surface area contributed by atoms with Gasteiger partial charge in [0.25, 0.3) is 5.91 Å². The van der Waals surface area contributed by atoms with Crippen LogP contribution in [0.2, 0.25) is 5.02 Å². The van der Waals surface area contributed by atoms with Crippen molar-refractivity contribution in [3.8, 4) is 0 Å². The Labute approximate surface area is 139 Å². The predicted octanol–water partition coefficient (Wildman–Crippen LogP) is 3.08. The maximum Gasteiger partial charge on any atom is 0.339 e. The molecule has 4 nitrogen and oxygen atoms in total. The van der Waals surface area contributed by atoms with E-state index >= 15 is 0 Å². The monoisotopic (exact) mass is 329 g/mol. The van der Waals surface area contributed by atoms with Gasteiger partial charge in [-0.05, 0) is 29.3 Å². The van der Waals surface area contributed by atoms with Crippen LogP contribution in [-0.2, 0) is 22.5 Å². The number of likely N-dealkylation sites (N-methyl/N-ethyl adjacent to an activating group) is 1. The third-order valence-electron chi connectivity index (χ3n) is 3.85. The second-order valence-corrected chi connectivity index (χ2v) is 6.02. The number of rotatable bonds is 3. The molecule has 3 rings (SSSR count). The van der Waals surface area contributed by atoms with Gasteiger partial charge in [0.1, 0.15) is 0 Å². The van der Waals surface area contributed by atoms with Crippen molar-refractivity contribution in [1.82, 2.24) is 4.90 Å². The van der Waals surface area contributed by atoms with Gasteiger partial charge in [0, 0.05) is 25.0 Å². The minimum absolute atomic E-state index is 0.215. The Kier molecular flexibility index (Phi) is 4.35. The fourth-order valence-electron chi connectivity index (χ4n) is 2.70. The maximum atomic E-state index is 12.6. The molecule has 0 saturated carbocycles. The lowest BCUT2D eigenvalue weighted by molar-refractivity contribution is -0.140. The number of cyclic esters (lactones) is 1. The summed E-state index contributed by atoms with van der Waals surface area (Å²) >= 11 is 5.96. The Bertz CT molecular complexity index is 759. The van der Waals surface area contributed by atoms with Crippen molar-refractivity contribution < 1.29 is 14.3 Å². The molecule has 1 unspecified atom stereocenters. The van der Waals surface area contributed by atoms with Crippen LogP contribution in [-0.4, -0.2) is 29.9 Å². The molecule has 0 N–H and O–H groups in total. The van der Waals surface area contributed by atoms with Crippen LogP contribution in [0.1, 0.15) is 21.5 Å². The number of esters is 1. The Hall–Kier alpha value is -2.33. The average Bonchev–Trinajstić information content (AvgIpc) is 2.54. The number of ether oxygens (including phenoxy) is 1. The largest absolute Gasteiger partial charge is 0.448 e. The van der Waals surface area contributed by atoms with Crippen molar-refractivity contribution in [3.05, 3.63) is 70.2 Å². The molecule has 0 bridgehead atoms. The van der Waals surface area contributed by atoms with Crippen LogP contribution in [0, 0.1) is 0 Å². The molecule has 2 aromatic carbocycles. The van der Waals surface area contributed by atoms with E-state index in [-0.39, 0.29) is 5.91 Å². The quantitative estimate of drug-likeness (QED) is 0.813. The number of carbonyl (C=O) groups is 2. The number of benzene rings is 2. The van der Waals surface area contributed by atoms with Crippen LogP contribution in [0.5, 0.6) is 0 Å². The summed E-state index contributed by atoms with van der Waals surface area (Å²) in [5.41, 5.74) is 2.31. The number of fused-ring (bicyclic) bond motifs is 1. The van der Waals surface area contributed by atoms with E-state index in [1.807, 2.05) is 30.3 Å². The van der Waals surface area contributed by atoms with E-state index in [4.69, 9.17) is 16.3 Å². The van der Waals surface area contributed by atoms with E-state index in [1.54, 1.807) is 30.1 Å². The summed E-state index contributed by atoms with van der Waals surface area (Å²) in [4.78, 5) is 26.1. The van der Waals surface area contributed by atoms with Crippen molar-refractivity contribution in [3.63, 3.8) is 0 Å². The molecule has 1 atom stereocenters. The Morgan fingerprint density at radius 3 is 2.83 bits per heavy atom. The van der Waals surface area contributed by atoms with Gasteiger partial charge < -0.3 is 9.64 Å². The van der Waals surface area contributed by atoms with Gasteiger partial charge >= 0.3 is 5.97 Å². The van der Waals surface area contributed by atoms with Crippen LogP contribution >= 0.6 is 11.6 Å². The summed E-state index contributed by atoms with van der Waals surface area (Å²) in [5, 5.41) is 0.626. The third kappa shape index (κ3) is 3.37. The Morgan fingerprint density at radius 2 is 2.04 bits per heavy atom. The molecular weight excluding hydrogens is 314 g/mol. The Morgan fingerprint density at radius 1 is 1.26 bits per heavy atom. The molecule has 0 fully saturated rings. The van der Waals surface area contributed by atoms with Crippen molar-refractivity contribution in [2.45, 2.75) is 19.1 Å². The van der Waals surface area contributed by atoms with Gasteiger partial charge in [-0.25, -0.2) is 4.79 Å². The number of nitrogens with zero attached hydrogens (tertiary/aromatic N) is 1. The molecule has 23 heavy (non-hydrogen) atoms. The zero-order chi connectivity index (χ0) is 16.4. The minimum Gasteiger partial charge on any atom is -0.448 e. The molecule has 118 valence electrons. The van der Waals surface area contributed by atoms with E-state index < -0.39 is 12.1 Å². The van der Waals surface area contributed by atoms with Crippen LogP contribution in [0.25, 0.3) is 0 Å². The highest BCUT2D eigenvalue weighted by Gasteiger charge is 2.32. The zero-order valence-electron chi connectivity index (χ0n) is 12.7. The fraction of sp³-hybridized carbons (Fsp3) is 0.222. The van der Waals surface area contributed by atoms with E-state index in [9.17, 15) is 9.59 Å². The molecule has 1 amide bonds. The first kappa shape index (κ1) is 15.6. The van der Waals surface area contributed by atoms with Crippen LogP contribution in [0.4, 0.5) is 0 Å². The summed E-state index contributed by atoms with van der Waals surface area (Å²) in [6.45, 7) is 0.412. The van der Waals surface area contributed by atoms with Crippen LogP contribution < -0.4 is 0 Å². The highest BCUT2D eigenvalue weighted by molar-refractivity contribution is 6.30. The molecule has 1 heterocycles. The molecule has 0 saturated heterocycles. The highest BCUT2D eigenvalue weighted by atomic mass is 35.5. The summed E-state index contributed by atoms with van der Waals surface area (Å²) in [5.74, 6) is -0.658. The highest BCUT2D eigenvalue weighted by Crippen LogP contribution is 2.22. The van der Waals surface area contributed by atoms with E-state index in [1.165, 1.54) is 0 Å². The van der Waals surface area contributed by atoms with Gasteiger partial charge in [-0.15, -0.1) is 0 Å². The Balaban J connectivity index is 1.72. The lowest BCUT2D eigenvalue weighted by Crippen LogP contribution is -2.42. The normalized spacial score (nSPS) is 16.4. The van der Waals surface area contributed by atoms with Gasteiger partial charge in [-0.2, -0.15) is 0 Å². The van der Waals surface area contributed by atoms with Crippen molar-refractivity contribution in [2.24, 2.45) is 0 Å². The zero-order valence-corrected chi connectivity index (χ0v) is 13.4. The van der Waals surface area contributed by atoms with Crippen LogP contribution in [0.3, 0.4) is 0 Å². The number of amides is 1. The molecule has 0 aromatic heterocycles. The lowest BCUT2D eigenvalue weighted by atomic mass is 9.98.